The number of aromatic nitrogens is 1. The molecule has 1 heterocycles. The van der Waals surface area contributed by atoms with Crippen molar-refractivity contribution in [3.63, 3.8) is 0 Å². The van der Waals surface area contributed by atoms with Gasteiger partial charge in [0.05, 0.1) is 10.2 Å². The molecule has 1 aromatic heterocycles. The van der Waals surface area contributed by atoms with Crippen LogP contribution in [0.4, 0.5) is 0 Å². The van der Waals surface area contributed by atoms with Crippen molar-refractivity contribution in [2.45, 2.75) is 44.3 Å². The minimum atomic E-state index is 0.422. The maximum atomic E-state index is 5.92. The van der Waals surface area contributed by atoms with Crippen molar-refractivity contribution in [2.75, 3.05) is 0 Å². The second-order valence-corrected chi connectivity index (χ2v) is 6.18. The van der Waals surface area contributed by atoms with Crippen LogP contribution >= 0.6 is 11.3 Å². The summed E-state index contributed by atoms with van der Waals surface area (Å²) in [5.74, 6) is 0. The first kappa shape index (κ1) is 12.1. The van der Waals surface area contributed by atoms with Gasteiger partial charge in [-0.15, -0.1) is 11.3 Å². The van der Waals surface area contributed by atoms with Gasteiger partial charge >= 0.3 is 0 Å². The average Bonchev–Trinajstić information content (AvgIpc) is 2.81. The van der Waals surface area contributed by atoms with Gasteiger partial charge < -0.3 is 11.1 Å². The number of nitrogens with one attached hydrogen (secondary N) is 1. The number of benzene rings is 1. The molecule has 3 rings (SSSR count). The Balaban J connectivity index is 1.59. The third-order valence-electron chi connectivity index (χ3n) is 3.65. The summed E-state index contributed by atoms with van der Waals surface area (Å²) in [6.07, 6.45) is 4.70. The SMILES string of the molecule is NC1CCC(NCc2nc3ccccc3s2)CC1. The third kappa shape index (κ3) is 2.71. The number of thiazole rings is 1. The molecule has 1 saturated carbocycles. The van der Waals surface area contributed by atoms with Crippen molar-refractivity contribution >= 4 is 21.6 Å². The van der Waals surface area contributed by atoms with Crippen molar-refractivity contribution in [2.24, 2.45) is 5.73 Å². The average molecular weight is 261 g/mol. The van der Waals surface area contributed by atoms with Gasteiger partial charge in [0.15, 0.2) is 0 Å². The molecule has 0 amide bonds. The summed E-state index contributed by atoms with van der Waals surface area (Å²) in [5.41, 5.74) is 7.03. The molecule has 0 radical (unpaired) electrons. The number of hydrogen-bond acceptors (Lipinski definition) is 4. The normalized spacial score (nSPS) is 24.5. The Kier molecular flexibility index (Phi) is 3.59. The maximum absolute atomic E-state index is 5.92. The van der Waals surface area contributed by atoms with Gasteiger partial charge in [0.25, 0.3) is 0 Å². The van der Waals surface area contributed by atoms with Crippen LogP contribution < -0.4 is 11.1 Å². The van der Waals surface area contributed by atoms with E-state index in [1.807, 2.05) is 6.07 Å². The quantitative estimate of drug-likeness (QED) is 0.893. The van der Waals surface area contributed by atoms with E-state index >= 15 is 0 Å². The van der Waals surface area contributed by atoms with Crippen molar-refractivity contribution in [3.05, 3.63) is 29.3 Å². The van der Waals surface area contributed by atoms with E-state index in [-0.39, 0.29) is 0 Å². The highest BCUT2D eigenvalue weighted by Crippen LogP contribution is 2.22. The number of nitrogens with zero attached hydrogens (tertiary/aromatic N) is 1. The molecule has 4 heteroatoms. The van der Waals surface area contributed by atoms with Gasteiger partial charge in [-0.05, 0) is 37.8 Å². The molecular weight excluding hydrogens is 242 g/mol. The largest absolute Gasteiger partial charge is 0.328 e. The van der Waals surface area contributed by atoms with Crippen LogP contribution in [0.3, 0.4) is 0 Å². The van der Waals surface area contributed by atoms with Gasteiger partial charge in [-0.3, -0.25) is 0 Å². The second kappa shape index (κ2) is 5.34. The summed E-state index contributed by atoms with van der Waals surface area (Å²) in [5, 5.41) is 4.80. The van der Waals surface area contributed by atoms with Gasteiger partial charge in [-0.2, -0.15) is 0 Å². The predicted octanol–water partition coefficient (Wildman–Crippen LogP) is 2.66. The smallest absolute Gasteiger partial charge is 0.108 e. The lowest BCUT2D eigenvalue weighted by Gasteiger charge is -2.26. The summed E-state index contributed by atoms with van der Waals surface area (Å²) in [6.45, 7) is 0.888. The Labute approximate surface area is 111 Å². The lowest BCUT2D eigenvalue weighted by atomic mass is 9.92. The highest BCUT2D eigenvalue weighted by Gasteiger charge is 2.18. The zero-order chi connectivity index (χ0) is 12.4. The number of para-hydroxylation sites is 1. The van der Waals surface area contributed by atoms with Crippen LogP contribution in [0, 0.1) is 0 Å². The monoisotopic (exact) mass is 261 g/mol. The van der Waals surface area contributed by atoms with E-state index in [1.54, 1.807) is 11.3 Å². The minimum Gasteiger partial charge on any atom is -0.328 e. The number of hydrogen-bond donors (Lipinski definition) is 2. The standard InChI is InChI=1S/C14H19N3S/c15-10-5-7-11(8-6-10)16-9-14-17-12-3-1-2-4-13(12)18-14/h1-4,10-11,16H,5-9,15H2. The molecule has 0 atom stereocenters. The highest BCUT2D eigenvalue weighted by molar-refractivity contribution is 7.18. The Morgan fingerprint density at radius 2 is 2.00 bits per heavy atom. The first-order valence-electron chi connectivity index (χ1n) is 6.64. The summed E-state index contributed by atoms with van der Waals surface area (Å²) in [6, 6.07) is 9.37. The topological polar surface area (TPSA) is 50.9 Å². The van der Waals surface area contributed by atoms with E-state index < -0.39 is 0 Å². The van der Waals surface area contributed by atoms with Crippen LogP contribution in [-0.4, -0.2) is 17.1 Å². The summed E-state index contributed by atoms with van der Waals surface area (Å²) >= 11 is 1.79. The first-order chi connectivity index (χ1) is 8.81. The van der Waals surface area contributed by atoms with Crippen LogP contribution in [0.15, 0.2) is 24.3 Å². The van der Waals surface area contributed by atoms with Gasteiger partial charge in [-0.1, -0.05) is 12.1 Å². The second-order valence-electron chi connectivity index (χ2n) is 5.07. The molecule has 2 aromatic rings. The van der Waals surface area contributed by atoms with Crippen LogP contribution in [-0.2, 0) is 6.54 Å². The molecule has 3 N–H and O–H groups in total. The van der Waals surface area contributed by atoms with E-state index in [1.165, 1.54) is 22.5 Å². The maximum Gasteiger partial charge on any atom is 0.108 e. The Morgan fingerprint density at radius 3 is 2.78 bits per heavy atom. The highest BCUT2D eigenvalue weighted by atomic mass is 32.1. The number of nitrogens with two attached hydrogens (primary N) is 1. The molecule has 0 aliphatic heterocycles. The van der Waals surface area contributed by atoms with Crippen molar-refractivity contribution in [1.82, 2.24) is 10.3 Å². The van der Waals surface area contributed by atoms with E-state index in [9.17, 15) is 0 Å². The molecular formula is C14H19N3S. The van der Waals surface area contributed by atoms with Gasteiger partial charge in [0.1, 0.15) is 5.01 Å². The van der Waals surface area contributed by atoms with Crippen LogP contribution in [0.25, 0.3) is 10.2 Å². The van der Waals surface area contributed by atoms with Crippen molar-refractivity contribution < 1.29 is 0 Å². The fourth-order valence-corrected chi connectivity index (χ4v) is 3.47. The fourth-order valence-electron chi connectivity index (χ4n) is 2.55. The summed E-state index contributed by atoms with van der Waals surface area (Å²) in [7, 11) is 0. The van der Waals surface area contributed by atoms with Gasteiger partial charge in [0.2, 0.25) is 0 Å². The molecule has 1 aliphatic carbocycles. The molecule has 0 spiro atoms. The molecule has 0 unspecified atom stereocenters. The molecule has 1 aliphatic rings. The molecule has 1 fully saturated rings. The molecule has 1 aromatic carbocycles. The third-order valence-corrected chi connectivity index (χ3v) is 4.69. The Morgan fingerprint density at radius 1 is 1.22 bits per heavy atom. The zero-order valence-corrected chi connectivity index (χ0v) is 11.2. The first-order valence-corrected chi connectivity index (χ1v) is 7.46. The van der Waals surface area contributed by atoms with E-state index in [2.05, 4.69) is 28.5 Å². The van der Waals surface area contributed by atoms with E-state index in [4.69, 9.17) is 5.73 Å². The van der Waals surface area contributed by atoms with Gasteiger partial charge in [0, 0.05) is 18.6 Å². The molecule has 18 heavy (non-hydrogen) atoms. The van der Waals surface area contributed by atoms with Crippen LogP contribution in [0.1, 0.15) is 30.7 Å². The predicted molar refractivity (Wildman–Crippen MR) is 76.7 cm³/mol. The lowest BCUT2D eigenvalue weighted by Crippen LogP contribution is -2.36. The van der Waals surface area contributed by atoms with Crippen LogP contribution in [0.5, 0.6) is 0 Å². The Hall–Kier alpha value is -0.970. The molecule has 96 valence electrons. The minimum absolute atomic E-state index is 0.422. The van der Waals surface area contributed by atoms with E-state index in [0.29, 0.717) is 12.1 Å². The fraction of sp³-hybridized carbons (Fsp3) is 0.500. The zero-order valence-electron chi connectivity index (χ0n) is 10.4. The molecule has 0 saturated heterocycles. The molecule has 0 bridgehead atoms. The van der Waals surface area contributed by atoms with Crippen molar-refractivity contribution in [1.29, 1.82) is 0 Å². The molecule has 3 nitrogen and oxygen atoms in total. The lowest BCUT2D eigenvalue weighted by molar-refractivity contribution is 0.341. The summed E-state index contributed by atoms with van der Waals surface area (Å²) in [4.78, 5) is 4.64. The van der Waals surface area contributed by atoms with Crippen LogP contribution in [0.2, 0.25) is 0 Å². The van der Waals surface area contributed by atoms with Gasteiger partial charge in [-0.25, -0.2) is 4.98 Å². The summed E-state index contributed by atoms with van der Waals surface area (Å²) < 4.78 is 1.28. The number of fused-ring (bicyclic) bond motifs is 1. The number of rotatable bonds is 3. The van der Waals surface area contributed by atoms with E-state index in [0.717, 1.165) is 24.9 Å². The Bertz CT molecular complexity index is 481. The van der Waals surface area contributed by atoms with Crippen molar-refractivity contribution in [3.8, 4) is 0 Å².